The third-order valence-corrected chi connectivity index (χ3v) is 5.04. The summed E-state index contributed by atoms with van der Waals surface area (Å²) < 4.78 is 20.3. The number of hydrogen-bond donors (Lipinski definition) is 1. The Balaban J connectivity index is 1.34. The minimum Gasteiger partial charge on any atom is -0.421 e. The van der Waals surface area contributed by atoms with Gasteiger partial charge in [-0.2, -0.15) is 4.98 Å². The van der Waals surface area contributed by atoms with Gasteiger partial charge in [0.25, 0.3) is 0 Å². The molecule has 5 rings (SSSR count). The van der Waals surface area contributed by atoms with Crippen molar-refractivity contribution in [2.24, 2.45) is 10.9 Å². The number of aliphatic imine (C=N–C) groups is 1. The number of anilines is 1. The van der Waals surface area contributed by atoms with Crippen LogP contribution in [-0.4, -0.2) is 22.3 Å². The maximum Gasteiger partial charge on any atom is 0.323 e. The monoisotopic (exact) mass is 362 g/mol. The molecule has 1 saturated carbocycles. The van der Waals surface area contributed by atoms with Gasteiger partial charge in [-0.15, -0.1) is 0 Å². The quantitative estimate of drug-likeness (QED) is 0.868. The van der Waals surface area contributed by atoms with Gasteiger partial charge in [0, 0.05) is 11.8 Å². The molecular weight excluding hydrogens is 343 g/mol. The van der Waals surface area contributed by atoms with E-state index in [4.69, 9.17) is 4.74 Å². The smallest absolute Gasteiger partial charge is 0.323 e. The molecule has 2 aromatic rings. The highest BCUT2D eigenvalue weighted by Gasteiger charge is 2.28. The summed E-state index contributed by atoms with van der Waals surface area (Å²) in [6.45, 7) is 2.75. The van der Waals surface area contributed by atoms with Crippen molar-refractivity contribution in [1.29, 1.82) is 0 Å². The van der Waals surface area contributed by atoms with E-state index in [1.807, 2.05) is 19.1 Å². The van der Waals surface area contributed by atoms with Crippen LogP contribution in [0.4, 0.5) is 10.2 Å². The van der Waals surface area contributed by atoms with Crippen molar-refractivity contribution in [2.75, 3.05) is 11.9 Å². The lowest BCUT2D eigenvalue weighted by atomic mass is 10.1. The van der Waals surface area contributed by atoms with E-state index in [9.17, 15) is 4.39 Å². The first-order valence-electron chi connectivity index (χ1n) is 9.17. The normalized spacial score (nSPS) is 17.9. The molecule has 2 aliphatic carbocycles. The van der Waals surface area contributed by atoms with E-state index in [0.717, 1.165) is 29.9 Å². The number of amidine groups is 1. The Kier molecular flexibility index (Phi) is 3.77. The highest BCUT2D eigenvalue weighted by atomic mass is 19.1. The molecule has 0 amide bonds. The molecule has 0 radical (unpaired) electrons. The summed E-state index contributed by atoms with van der Waals surface area (Å²) in [4.78, 5) is 12.9. The first-order valence-corrected chi connectivity index (χ1v) is 9.17. The third kappa shape index (κ3) is 3.23. The van der Waals surface area contributed by atoms with Crippen molar-refractivity contribution in [3.8, 4) is 11.8 Å². The maximum absolute atomic E-state index is 14.7. The molecule has 3 aliphatic rings. The molecule has 1 fully saturated rings. The zero-order valence-corrected chi connectivity index (χ0v) is 15.0. The van der Waals surface area contributed by atoms with E-state index in [-0.39, 0.29) is 17.6 Å². The average Bonchev–Trinajstić information content (AvgIpc) is 3.28. The predicted molar refractivity (Wildman–Crippen MR) is 103 cm³/mol. The Labute approximate surface area is 156 Å². The van der Waals surface area contributed by atoms with Crippen LogP contribution in [-0.2, 0) is 6.42 Å². The van der Waals surface area contributed by atoms with Crippen molar-refractivity contribution in [3.05, 3.63) is 58.6 Å². The first kappa shape index (κ1) is 16.2. The minimum absolute atomic E-state index is 0.0996. The summed E-state index contributed by atoms with van der Waals surface area (Å²) in [7, 11) is 0. The second kappa shape index (κ2) is 6.30. The van der Waals surface area contributed by atoms with Crippen molar-refractivity contribution in [3.63, 3.8) is 0 Å². The lowest BCUT2D eigenvalue weighted by Gasteiger charge is -2.09. The molecule has 27 heavy (non-hydrogen) atoms. The zero-order valence-electron chi connectivity index (χ0n) is 15.0. The summed E-state index contributed by atoms with van der Waals surface area (Å²) in [5.74, 6) is 1.84. The van der Waals surface area contributed by atoms with Gasteiger partial charge in [0.05, 0.1) is 6.54 Å². The topological polar surface area (TPSA) is 59.4 Å². The largest absolute Gasteiger partial charge is 0.421 e. The van der Waals surface area contributed by atoms with Gasteiger partial charge >= 0.3 is 6.01 Å². The fourth-order valence-electron chi connectivity index (χ4n) is 3.51. The number of allylic oxidation sites excluding steroid dienone is 1. The van der Waals surface area contributed by atoms with Crippen LogP contribution in [0.5, 0.6) is 11.8 Å². The van der Waals surface area contributed by atoms with Crippen molar-refractivity contribution >= 4 is 17.7 Å². The van der Waals surface area contributed by atoms with Crippen molar-refractivity contribution in [2.45, 2.75) is 26.2 Å². The summed E-state index contributed by atoms with van der Waals surface area (Å²) in [6.07, 6.45) is 8.85. The zero-order chi connectivity index (χ0) is 18.4. The number of fused-ring (bicyclic) bond motifs is 1. The van der Waals surface area contributed by atoms with Crippen LogP contribution in [0.2, 0.25) is 0 Å². The molecule has 1 aliphatic heterocycles. The number of halogens is 1. The predicted octanol–water partition coefficient (Wildman–Crippen LogP) is 4.53. The van der Waals surface area contributed by atoms with Gasteiger partial charge in [-0.25, -0.2) is 9.37 Å². The number of benzene rings is 1. The SMILES string of the molecule is CC1=Cc2c(ccc(Oc3nccc(NC4=NCC(C5CC5)=C4)n3)c2F)C1. The van der Waals surface area contributed by atoms with E-state index in [1.54, 1.807) is 18.3 Å². The highest BCUT2D eigenvalue weighted by molar-refractivity contribution is 6.05. The summed E-state index contributed by atoms with van der Waals surface area (Å²) in [5, 5.41) is 3.18. The number of hydrogen-bond acceptors (Lipinski definition) is 5. The molecule has 136 valence electrons. The van der Waals surface area contributed by atoms with Gasteiger partial charge in [0.1, 0.15) is 11.7 Å². The highest BCUT2D eigenvalue weighted by Crippen LogP contribution is 2.38. The average molecular weight is 362 g/mol. The van der Waals surface area contributed by atoms with E-state index >= 15 is 0 Å². The first-order chi connectivity index (χ1) is 13.2. The lowest BCUT2D eigenvalue weighted by Crippen LogP contribution is -2.09. The second-order valence-electron chi connectivity index (χ2n) is 7.26. The Hall–Kier alpha value is -3.02. The molecule has 1 N–H and O–H groups in total. The van der Waals surface area contributed by atoms with Gasteiger partial charge in [0.2, 0.25) is 0 Å². The number of nitrogens with one attached hydrogen (secondary N) is 1. The molecule has 6 heteroatoms. The van der Waals surface area contributed by atoms with Crippen LogP contribution in [0.25, 0.3) is 6.08 Å². The van der Waals surface area contributed by atoms with Crippen LogP contribution < -0.4 is 10.1 Å². The maximum atomic E-state index is 14.7. The molecule has 2 heterocycles. The van der Waals surface area contributed by atoms with E-state index < -0.39 is 0 Å². The molecule has 0 spiro atoms. The van der Waals surface area contributed by atoms with E-state index in [1.165, 1.54) is 18.4 Å². The molecule has 0 unspecified atom stereocenters. The molecule has 0 bridgehead atoms. The van der Waals surface area contributed by atoms with Crippen molar-refractivity contribution < 1.29 is 9.13 Å². The second-order valence-corrected chi connectivity index (χ2v) is 7.26. The van der Waals surface area contributed by atoms with Gasteiger partial charge in [-0.1, -0.05) is 17.7 Å². The van der Waals surface area contributed by atoms with Gasteiger partial charge < -0.3 is 10.1 Å². The molecule has 5 nitrogen and oxygen atoms in total. The van der Waals surface area contributed by atoms with Gasteiger partial charge in [-0.3, -0.25) is 4.99 Å². The summed E-state index contributed by atoms with van der Waals surface area (Å²) >= 11 is 0. The van der Waals surface area contributed by atoms with Gasteiger partial charge in [0.15, 0.2) is 11.6 Å². The number of aromatic nitrogens is 2. The lowest BCUT2D eigenvalue weighted by molar-refractivity contribution is 0.411. The standard InChI is InChI=1S/C21H19FN4O/c1-12-8-14-4-5-17(20(22)16(14)9-12)27-21-23-7-6-18(26-21)25-19-10-15(11-24-19)13-2-3-13/h4-7,9-10,13H,2-3,8,11H2,1H3,(H,23,24,25,26). The summed E-state index contributed by atoms with van der Waals surface area (Å²) in [5.41, 5.74) is 4.09. The third-order valence-electron chi connectivity index (χ3n) is 5.04. The van der Waals surface area contributed by atoms with Crippen molar-refractivity contribution in [1.82, 2.24) is 9.97 Å². The van der Waals surface area contributed by atoms with Crippen LogP contribution in [0.3, 0.4) is 0 Å². The Morgan fingerprint density at radius 3 is 2.93 bits per heavy atom. The molecule has 0 saturated heterocycles. The van der Waals surface area contributed by atoms with E-state index in [0.29, 0.717) is 17.3 Å². The van der Waals surface area contributed by atoms with Crippen LogP contribution in [0.15, 0.2) is 46.6 Å². The molecule has 0 atom stereocenters. The van der Waals surface area contributed by atoms with Crippen LogP contribution in [0.1, 0.15) is 30.9 Å². The molecule has 1 aromatic carbocycles. The Bertz CT molecular complexity index is 1020. The Morgan fingerprint density at radius 1 is 1.19 bits per heavy atom. The number of nitrogens with zero attached hydrogens (tertiary/aromatic N) is 3. The summed E-state index contributed by atoms with van der Waals surface area (Å²) in [6, 6.07) is 5.36. The molecular formula is C21H19FN4O. The van der Waals surface area contributed by atoms with Gasteiger partial charge in [-0.05, 0) is 61.4 Å². The van der Waals surface area contributed by atoms with E-state index in [2.05, 4.69) is 26.4 Å². The Morgan fingerprint density at radius 2 is 2.07 bits per heavy atom. The molecule has 1 aromatic heterocycles. The fourth-order valence-corrected chi connectivity index (χ4v) is 3.51. The number of ether oxygens (including phenoxy) is 1. The minimum atomic E-state index is -0.372. The fraction of sp³-hybridized carbons (Fsp3) is 0.286. The van der Waals surface area contributed by atoms with Crippen LogP contribution in [0, 0.1) is 11.7 Å². The van der Waals surface area contributed by atoms with Crippen LogP contribution >= 0.6 is 0 Å². The number of rotatable bonds is 4.